The van der Waals surface area contributed by atoms with E-state index in [4.69, 9.17) is 0 Å². The third-order valence-electron chi connectivity index (χ3n) is 7.02. The molecule has 2 unspecified atom stereocenters. The number of aryl methyl sites for hydroxylation is 2. The quantitative estimate of drug-likeness (QED) is 0.419. The van der Waals surface area contributed by atoms with Crippen molar-refractivity contribution in [3.63, 3.8) is 0 Å². The Balaban J connectivity index is 1.39. The van der Waals surface area contributed by atoms with Crippen LogP contribution in [0.4, 0.5) is 0 Å². The van der Waals surface area contributed by atoms with Crippen LogP contribution in [0.15, 0.2) is 90.1 Å². The molecule has 32 heavy (non-hydrogen) atoms. The Bertz CT molecular complexity index is 1060. The molecule has 166 valence electrons. The standard InChI is InChI=1S/C32H38/c1-6-24-10-11-26(20-24)21-27-14-18-29(22-27)28-16-12-25(13-17-28)15-19-30-23(2)8-7-9-31(30)32(3,4)5/h7-14,16-18,20,22,26,29H,6,15,19,21H2,1-5H3. The highest BCUT2D eigenvalue weighted by Gasteiger charge is 2.19. The topological polar surface area (TPSA) is 0 Å². The Morgan fingerprint density at radius 3 is 2.25 bits per heavy atom. The molecule has 2 aliphatic carbocycles. The number of benzene rings is 2. The SMILES string of the molecule is CCC1=CC(CC2=CC(c3ccc(CCc4c(C)cccc4C(C)(C)C)cc3)C=C2)C=C1. The number of hydrogen-bond acceptors (Lipinski definition) is 0. The van der Waals surface area contributed by atoms with E-state index in [9.17, 15) is 0 Å². The molecule has 0 amide bonds. The minimum atomic E-state index is 0.187. The summed E-state index contributed by atoms with van der Waals surface area (Å²) in [7, 11) is 0. The van der Waals surface area contributed by atoms with E-state index in [1.165, 1.54) is 39.0 Å². The second kappa shape index (κ2) is 9.49. The Kier molecular flexibility index (Phi) is 6.70. The zero-order valence-corrected chi connectivity index (χ0v) is 20.5. The van der Waals surface area contributed by atoms with Gasteiger partial charge in [0.05, 0.1) is 0 Å². The minimum Gasteiger partial charge on any atom is -0.0770 e. The van der Waals surface area contributed by atoms with Crippen molar-refractivity contribution in [2.24, 2.45) is 5.92 Å². The highest BCUT2D eigenvalue weighted by atomic mass is 14.2. The van der Waals surface area contributed by atoms with Gasteiger partial charge in [0.2, 0.25) is 0 Å². The van der Waals surface area contributed by atoms with Gasteiger partial charge in [-0.05, 0) is 71.8 Å². The summed E-state index contributed by atoms with van der Waals surface area (Å²) < 4.78 is 0. The lowest BCUT2D eigenvalue weighted by Crippen LogP contribution is -2.15. The molecule has 0 fully saturated rings. The molecule has 0 aromatic heterocycles. The summed E-state index contributed by atoms with van der Waals surface area (Å²) in [5, 5.41) is 0. The molecular formula is C32H38. The normalized spacial score (nSPS) is 20.0. The molecule has 2 aromatic rings. The van der Waals surface area contributed by atoms with Gasteiger partial charge in [-0.2, -0.15) is 0 Å². The van der Waals surface area contributed by atoms with E-state index in [0.29, 0.717) is 11.8 Å². The van der Waals surface area contributed by atoms with Crippen molar-refractivity contribution in [3.05, 3.63) is 118 Å². The fourth-order valence-electron chi connectivity index (χ4n) is 5.09. The predicted molar refractivity (Wildman–Crippen MR) is 139 cm³/mol. The van der Waals surface area contributed by atoms with Gasteiger partial charge in [-0.3, -0.25) is 0 Å². The molecule has 0 heterocycles. The molecule has 0 saturated heterocycles. The lowest BCUT2D eigenvalue weighted by Gasteiger charge is -2.24. The van der Waals surface area contributed by atoms with Crippen LogP contribution in [0.1, 0.15) is 74.3 Å². The molecule has 4 rings (SSSR count). The third kappa shape index (κ3) is 5.23. The summed E-state index contributed by atoms with van der Waals surface area (Å²) in [5.41, 5.74) is 10.4. The number of allylic oxidation sites excluding steroid dienone is 8. The predicted octanol–water partition coefficient (Wildman–Crippen LogP) is 8.57. The fourth-order valence-corrected chi connectivity index (χ4v) is 5.09. The van der Waals surface area contributed by atoms with E-state index in [0.717, 1.165) is 25.7 Å². The average Bonchev–Trinajstić information content (AvgIpc) is 3.42. The monoisotopic (exact) mass is 422 g/mol. The smallest absolute Gasteiger partial charge is 0.0207 e. The van der Waals surface area contributed by atoms with Crippen molar-refractivity contribution in [3.8, 4) is 0 Å². The molecule has 0 spiro atoms. The largest absolute Gasteiger partial charge is 0.0770 e. The van der Waals surface area contributed by atoms with Crippen LogP contribution in [0.25, 0.3) is 0 Å². The molecule has 0 N–H and O–H groups in total. The second-order valence-electron chi connectivity index (χ2n) is 10.5. The van der Waals surface area contributed by atoms with E-state index in [-0.39, 0.29) is 5.41 Å². The first-order chi connectivity index (χ1) is 15.3. The Labute approximate surface area is 195 Å². The highest BCUT2D eigenvalue weighted by molar-refractivity contribution is 5.43. The van der Waals surface area contributed by atoms with Gasteiger partial charge < -0.3 is 0 Å². The van der Waals surface area contributed by atoms with Crippen LogP contribution < -0.4 is 0 Å². The molecule has 0 radical (unpaired) electrons. The molecule has 2 aliphatic rings. The average molecular weight is 423 g/mol. The summed E-state index contributed by atoms with van der Waals surface area (Å²) >= 11 is 0. The van der Waals surface area contributed by atoms with Crippen molar-refractivity contribution in [1.29, 1.82) is 0 Å². The van der Waals surface area contributed by atoms with Gasteiger partial charge in [0.25, 0.3) is 0 Å². The third-order valence-corrected chi connectivity index (χ3v) is 7.02. The zero-order valence-electron chi connectivity index (χ0n) is 20.5. The van der Waals surface area contributed by atoms with Crippen LogP contribution in [-0.2, 0) is 18.3 Å². The van der Waals surface area contributed by atoms with Crippen LogP contribution in [0.3, 0.4) is 0 Å². The van der Waals surface area contributed by atoms with E-state index < -0.39 is 0 Å². The van der Waals surface area contributed by atoms with E-state index in [1.54, 1.807) is 0 Å². The first-order valence-corrected chi connectivity index (χ1v) is 12.3. The van der Waals surface area contributed by atoms with Crippen LogP contribution in [0.5, 0.6) is 0 Å². The summed E-state index contributed by atoms with van der Waals surface area (Å²) in [5.74, 6) is 0.990. The van der Waals surface area contributed by atoms with Gasteiger partial charge in [-0.1, -0.05) is 118 Å². The van der Waals surface area contributed by atoms with Gasteiger partial charge in [0.15, 0.2) is 0 Å². The fraction of sp³-hybridized carbons (Fsp3) is 0.375. The lowest BCUT2D eigenvalue weighted by molar-refractivity contribution is 0.581. The van der Waals surface area contributed by atoms with Gasteiger partial charge in [0, 0.05) is 5.92 Å². The maximum absolute atomic E-state index is 2.45. The maximum Gasteiger partial charge on any atom is 0.0207 e. The van der Waals surface area contributed by atoms with Crippen molar-refractivity contribution < 1.29 is 0 Å². The second-order valence-corrected chi connectivity index (χ2v) is 10.5. The van der Waals surface area contributed by atoms with Gasteiger partial charge in [0.1, 0.15) is 0 Å². The van der Waals surface area contributed by atoms with Crippen LogP contribution in [0, 0.1) is 12.8 Å². The summed E-state index contributed by atoms with van der Waals surface area (Å²) in [6, 6.07) is 16.1. The minimum absolute atomic E-state index is 0.187. The Hall–Kier alpha value is -2.60. The molecule has 0 nitrogen and oxygen atoms in total. The summed E-state index contributed by atoms with van der Waals surface area (Å²) in [6.07, 6.45) is 18.7. The van der Waals surface area contributed by atoms with Crippen molar-refractivity contribution in [2.45, 2.75) is 71.6 Å². The van der Waals surface area contributed by atoms with E-state index >= 15 is 0 Å². The van der Waals surface area contributed by atoms with Gasteiger partial charge in [-0.15, -0.1) is 0 Å². The molecule has 2 aromatic carbocycles. The molecule has 2 atom stereocenters. The van der Waals surface area contributed by atoms with Gasteiger partial charge >= 0.3 is 0 Å². The van der Waals surface area contributed by atoms with Crippen molar-refractivity contribution in [1.82, 2.24) is 0 Å². The van der Waals surface area contributed by atoms with E-state index in [2.05, 4.69) is 114 Å². The number of rotatable bonds is 7. The highest BCUT2D eigenvalue weighted by Crippen LogP contribution is 2.33. The zero-order chi connectivity index (χ0) is 22.7. The lowest BCUT2D eigenvalue weighted by atomic mass is 9.80. The molecule has 0 heteroatoms. The molecule has 0 aliphatic heterocycles. The van der Waals surface area contributed by atoms with Crippen LogP contribution >= 0.6 is 0 Å². The first-order valence-electron chi connectivity index (χ1n) is 12.3. The molecule has 0 bridgehead atoms. The Morgan fingerprint density at radius 2 is 1.56 bits per heavy atom. The number of hydrogen-bond donors (Lipinski definition) is 0. The molecule has 0 saturated carbocycles. The van der Waals surface area contributed by atoms with Gasteiger partial charge in [-0.25, -0.2) is 0 Å². The summed E-state index contributed by atoms with van der Waals surface area (Å²) in [4.78, 5) is 0. The van der Waals surface area contributed by atoms with Crippen LogP contribution in [0.2, 0.25) is 0 Å². The molecular weight excluding hydrogens is 384 g/mol. The van der Waals surface area contributed by atoms with Crippen LogP contribution in [-0.4, -0.2) is 0 Å². The van der Waals surface area contributed by atoms with Crippen molar-refractivity contribution >= 4 is 0 Å². The van der Waals surface area contributed by atoms with Crippen molar-refractivity contribution in [2.75, 3.05) is 0 Å². The first kappa shape index (κ1) is 22.6. The Morgan fingerprint density at radius 1 is 0.812 bits per heavy atom. The van der Waals surface area contributed by atoms with E-state index in [1.807, 2.05) is 0 Å². The maximum atomic E-state index is 2.45. The summed E-state index contributed by atoms with van der Waals surface area (Å²) in [6.45, 7) is 11.4.